The number of carbonyl (C=O) groups is 1. The lowest BCUT2D eigenvalue weighted by molar-refractivity contribution is 0.253. The Morgan fingerprint density at radius 1 is 1.64 bits per heavy atom. The minimum absolute atomic E-state index is 0.217. The normalized spacial score (nSPS) is 9.57. The molecule has 2 amide bonds. The van der Waals surface area contributed by atoms with Gasteiger partial charge in [0.1, 0.15) is 5.82 Å². The number of nitrogens with one attached hydrogen (secondary N) is 1. The van der Waals surface area contributed by atoms with Gasteiger partial charge in [-0.3, -0.25) is 0 Å². The van der Waals surface area contributed by atoms with Crippen LogP contribution in [-0.4, -0.2) is 6.03 Å². The van der Waals surface area contributed by atoms with Crippen LogP contribution in [0.25, 0.3) is 0 Å². The molecule has 14 heavy (non-hydrogen) atoms. The quantitative estimate of drug-likeness (QED) is 0.621. The van der Waals surface area contributed by atoms with Crippen LogP contribution >= 0.6 is 15.9 Å². The molecular formula is C7H6BrFN4O. The second kappa shape index (κ2) is 4.14. The van der Waals surface area contributed by atoms with Gasteiger partial charge in [-0.1, -0.05) is 5.22 Å². The summed E-state index contributed by atoms with van der Waals surface area (Å²) in [5, 5.41) is 3.55. The van der Waals surface area contributed by atoms with Gasteiger partial charge in [-0.25, -0.2) is 9.18 Å². The number of amides is 2. The van der Waals surface area contributed by atoms with Crippen LogP contribution in [0.1, 0.15) is 0 Å². The van der Waals surface area contributed by atoms with Crippen molar-refractivity contribution in [1.29, 1.82) is 5.53 Å². The molecule has 0 atom stereocenters. The van der Waals surface area contributed by atoms with Crippen LogP contribution in [0.15, 0.2) is 27.9 Å². The first kappa shape index (κ1) is 10.6. The van der Waals surface area contributed by atoms with E-state index in [0.717, 1.165) is 12.1 Å². The Kier molecular flexibility index (Phi) is 3.13. The van der Waals surface area contributed by atoms with Gasteiger partial charge in [0.15, 0.2) is 0 Å². The van der Waals surface area contributed by atoms with E-state index in [9.17, 15) is 9.18 Å². The number of urea groups is 1. The maximum absolute atomic E-state index is 12.7. The summed E-state index contributed by atoms with van der Waals surface area (Å²) in [6, 6.07) is 2.67. The van der Waals surface area contributed by atoms with Crippen molar-refractivity contribution in [3.05, 3.63) is 28.5 Å². The van der Waals surface area contributed by atoms with Gasteiger partial charge in [-0.05, 0) is 34.1 Å². The molecule has 1 rings (SSSR count). The molecule has 1 aromatic carbocycles. The topological polar surface area (TPSA) is 82.5 Å². The van der Waals surface area contributed by atoms with Gasteiger partial charge in [-0.15, -0.1) is 0 Å². The van der Waals surface area contributed by atoms with E-state index >= 15 is 0 Å². The first-order chi connectivity index (χ1) is 6.56. The van der Waals surface area contributed by atoms with Gasteiger partial charge >= 0.3 is 6.03 Å². The lowest BCUT2D eigenvalue weighted by Gasteiger charge is -2.13. The molecule has 74 valence electrons. The van der Waals surface area contributed by atoms with E-state index in [0.29, 0.717) is 9.48 Å². The predicted octanol–water partition coefficient (Wildman–Crippen LogP) is 2.42. The lowest BCUT2D eigenvalue weighted by atomic mass is 10.3. The monoisotopic (exact) mass is 260 g/mol. The second-order valence-electron chi connectivity index (χ2n) is 2.35. The summed E-state index contributed by atoms with van der Waals surface area (Å²) in [6.45, 7) is 0. The van der Waals surface area contributed by atoms with Crippen LogP contribution < -0.4 is 10.7 Å². The van der Waals surface area contributed by atoms with E-state index in [4.69, 9.17) is 11.3 Å². The Bertz CT molecular complexity index is 384. The number of halogens is 2. The summed E-state index contributed by atoms with van der Waals surface area (Å²) >= 11 is 3.02. The highest BCUT2D eigenvalue weighted by Gasteiger charge is 2.14. The van der Waals surface area contributed by atoms with Crippen LogP contribution in [0.2, 0.25) is 0 Å². The summed E-state index contributed by atoms with van der Waals surface area (Å²) in [6.07, 6.45) is 0. The fourth-order valence-electron chi connectivity index (χ4n) is 0.875. The van der Waals surface area contributed by atoms with Crippen LogP contribution in [-0.2, 0) is 0 Å². The van der Waals surface area contributed by atoms with E-state index in [-0.39, 0.29) is 5.69 Å². The largest absolute Gasteiger partial charge is 0.350 e. The van der Waals surface area contributed by atoms with Crippen molar-refractivity contribution < 1.29 is 9.18 Å². The third-order valence-electron chi connectivity index (χ3n) is 1.45. The minimum Gasteiger partial charge on any atom is -0.350 e. The Morgan fingerprint density at radius 3 is 2.71 bits per heavy atom. The third kappa shape index (κ3) is 2.05. The SMILES string of the molecule is N=NN(C(N)=O)c1ccc(F)cc1Br. The Morgan fingerprint density at radius 2 is 2.29 bits per heavy atom. The molecule has 3 N–H and O–H groups in total. The molecule has 0 aliphatic carbocycles. The highest BCUT2D eigenvalue weighted by Crippen LogP contribution is 2.26. The maximum atomic E-state index is 12.7. The number of benzene rings is 1. The summed E-state index contributed by atoms with van der Waals surface area (Å²) in [5.74, 6) is -0.463. The molecular weight excluding hydrogens is 255 g/mol. The average molecular weight is 261 g/mol. The average Bonchev–Trinajstić information content (AvgIpc) is 2.09. The molecule has 1 aromatic rings. The first-order valence-corrected chi connectivity index (χ1v) is 4.27. The van der Waals surface area contributed by atoms with Gasteiger partial charge in [0.2, 0.25) is 0 Å². The minimum atomic E-state index is -0.910. The van der Waals surface area contributed by atoms with Crippen molar-refractivity contribution in [3.8, 4) is 0 Å². The molecule has 0 unspecified atom stereocenters. The standard InChI is InChI=1S/C7H6BrFN4O/c8-5-3-4(9)1-2-6(5)13(12-11)7(10)14/h1-3,11H,(H2,10,14). The molecule has 7 heteroatoms. The number of nitrogens with two attached hydrogens (primary N) is 1. The number of hydrogen-bond acceptors (Lipinski definition) is 3. The van der Waals surface area contributed by atoms with Crippen molar-refractivity contribution in [2.45, 2.75) is 0 Å². The summed E-state index contributed by atoms with van der Waals surface area (Å²) < 4.78 is 13.0. The molecule has 5 nitrogen and oxygen atoms in total. The number of rotatable bonds is 2. The van der Waals surface area contributed by atoms with E-state index in [1.54, 1.807) is 0 Å². The molecule has 0 aliphatic rings. The fraction of sp³-hybridized carbons (Fsp3) is 0. The van der Waals surface area contributed by atoms with Gasteiger partial charge in [0.25, 0.3) is 0 Å². The van der Waals surface area contributed by atoms with Gasteiger partial charge < -0.3 is 5.73 Å². The Hall–Kier alpha value is -1.50. The summed E-state index contributed by atoms with van der Waals surface area (Å²) in [7, 11) is 0. The molecule has 0 radical (unpaired) electrons. The molecule has 0 spiro atoms. The number of carbonyl (C=O) groups excluding carboxylic acids is 1. The lowest BCUT2D eigenvalue weighted by Crippen LogP contribution is -2.30. The van der Waals surface area contributed by atoms with Crippen LogP contribution in [0.5, 0.6) is 0 Å². The molecule has 0 fully saturated rings. The Balaban J connectivity index is 3.17. The van der Waals surface area contributed by atoms with E-state index in [1.807, 2.05) is 0 Å². The first-order valence-electron chi connectivity index (χ1n) is 3.48. The number of primary amides is 1. The van der Waals surface area contributed by atoms with Crippen LogP contribution in [0.3, 0.4) is 0 Å². The van der Waals surface area contributed by atoms with Gasteiger partial charge in [0, 0.05) is 4.47 Å². The van der Waals surface area contributed by atoms with Gasteiger partial charge in [-0.2, -0.15) is 10.5 Å². The molecule has 0 saturated carbocycles. The molecule has 0 saturated heterocycles. The van der Waals surface area contributed by atoms with Crippen LogP contribution in [0, 0.1) is 11.3 Å². The van der Waals surface area contributed by atoms with Crippen molar-refractivity contribution in [3.63, 3.8) is 0 Å². The summed E-state index contributed by atoms with van der Waals surface area (Å²) in [5.41, 5.74) is 11.9. The zero-order valence-electron chi connectivity index (χ0n) is 6.87. The number of nitrogens with zero attached hydrogens (tertiary/aromatic N) is 2. The Labute approximate surface area is 87.3 Å². The molecule has 0 heterocycles. The van der Waals surface area contributed by atoms with E-state index in [1.165, 1.54) is 6.07 Å². The van der Waals surface area contributed by atoms with Crippen LogP contribution in [0.4, 0.5) is 14.9 Å². The van der Waals surface area contributed by atoms with Crippen molar-refractivity contribution in [1.82, 2.24) is 0 Å². The summed E-state index contributed by atoms with van der Waals surface area (Å²) in [4.78, 5) is 10.8. The predicted molar refractivity (Wildman–Crippen MR) is 51.3 cm³/mol. The molecule has 0 bridgehead atoms. The van der Waals surface area contributed by atoms with Crippen molar-refractivity contribution in [2.24, 2.45) is 11.0 Å². The smallest absolute Gasteiger partial charge is 0.341 e. The third-order valence-corrected chi connectivity index (χ3v) is 2.08. The zero-order valence-corrected chi connectivity index (χ0v) is 8.45. The van der Waals surface area contributed by atoms with Crippen molar-refractivity contribution >= 4 is 27.6 Å². The van der Waals surface area contributed by atoms with E-state index in [2.05, 4.69) is 21.2 Å². The number of anilines is 1. The second-order valence-corrected chi connectivity index (χ2v) is 3.20. The molecule has 0 aliphatic heterocycles. The molecule has 0 aromatic heterocycles. The highest BCUT2D eigenvalue weighted by atomic mass is 79.9. The maximum Gasteiger partial charge on any atom is 0.341 e. The fourth-order valence-corrected chi connectivity index (χ4v) is 1.39. The highest BCUT2D eigenvalue weighted by molar-refractivity contribution is 9.10. The van der Waals surface area contributed by atoms with Crippen molar-refractivity contribution in [2.75, 3.05) is 5.01 Å². The van der Waals surface area contributed by atoms with Gasteiger partial charge in [0.05, 0.1) is 5.69 Å². The van der Waals surface area contributed by atoms with E-state index < -0.39 is 11.8 Å². The zero-order chi connectivity index (χ0) is 10.7. The number of hydrogen-bond donors (Lipinski definition) is 2.